The molecule has 1 unspecified atom stereocenters. The molecule has 0 fully saturated rings. The van der Waals surface area contributed by atoms with Crippen LogP contribution in [0.3, 0.4) is 0 Å². The third kappa shape index (κ3) is 4.35. The zero-order valence-electron chi connectivity index (χ0n) is 12.8. The molecular formula is C14H22N4O3. The number of amidine groups is 1. The van der Waals surface area contributed by atoms with E-state index in [4.69, 9.17) is 15.7 Å². The highest BCUT2D eigenvalue weighted by molar-refractivity contribution is 5.97. The van der Waals surface area contributed by atoms with Crippen LogP contribution < -0.4 is 15.8 Å². The summed E-state index contributed by atoms with van der Waals surface area (Å²) in [5, 5.41) is 14.8. The second kappa shape index (κ2) is 7.49. The SMILES string of the molecule is COc1ccc(/C(N)=N/O)cc1CNC(C)C(=O)N(C)C. The molecule has 7 heteroatoms. The lowest BCUT2D eigenvalue weighted by Gasteiger charge is -2.19. The van der Waals surface area contributed by atoms with Crippen molar-refractivity contribution in [3.05, 3.63) is 29.3 Å². The molecule has 116 valence electrons. The number of carbonyl (C=O) groups is 1. The summed E-state index contributed by atoms with van der Waals surface area (Å²) in [7, 11) is 4.98. The molecule has 1 rings (SSSR count). The van der Waals surface area contributed by atoms with Crippen molar-refractivity contribution in [1.82, 2.24) is 10.2 Å². The molecule has 7 nitrogen and oxygen atoms in total. The Morgan fingerprint density at radius 2 is 2.19 bits per heavy atom. The number of benzene rings is 1. The molecule has 1 amide bonds. The van der Waals surface area contributed by atoms with E-state index in [1.54, 1.807) is 46.3 Å². The van der Waals surface area contributed by atoms with Gasteiger partial charge in [0.15, 0.2) is 5.84 Å². The van der Waals surface area contributed by atoms with Crippen molar-refractivity contribution in [3.63, 3.8) is 0 Å². The number of oxime groups is 1. The standard InChI is InChI=1S/C14H22N4O3/c1-9(14(19)18(2)3)16-8-11-7-10(13(15)17-20)5-6-12(11)21-4/h5-7,9,16,20H,8H2,1-4H3,(H2,15,17). The van der Waals surface area contributed by atoms with Gasteiger partial charge in [-0.25, -0.2) is 0 Å². The molecule has 0 aromatic heterocycles. The Labute approximate surface area is 124 Å². The van der Waals surface area contributed by atoms with E-state index >= 15 is 0 Å². The van der Waals surface area contributed by atoms with Crippen molar-refractivity contribution in [3.8, 4) is 5.75 Å². The number of likely N-dealkylation sites (N-methyl/N-ethyl adjacent to an activating group) is 1. The summed E-state index contributed by atoms with van der Waals surface area (Å²) < 4.78 is 5.28. The smallest absolute Gasteiger partial charge is 0.238 e. The lowest BCUT2D eigenvalue weighted by Crippen LogP contribution is -2.41. The lowest BCUT2D eigenvalue weighted by atomic mass is 10.1. The van der Waals surface area contributed by atoms with Gasteiger partial charge in [0.1, 0.15) is 5.75 Å². The van der Waals surface area contributed by atoms with Crippen LogP contribution in [0.1, 0.15) is 18.1 Å². The average molecular weight is 294 g/mol. The monoisotopic (exact) mass is 294 g/mol. The number of hydrogen-bond donors (Lipinski definition) is 3. The number of nitrogens with one attached hydrogen (secondary N) is 1. The van der Waals surface area contributed by atoms with Crippen LogP contribution in [0, 0.1) is 0 Å². The quantitative estimate of drug-likeness (QED) is 0.304. The first-order chi connectivity index (χ1) is 9.90. The lowest BCUT2D eigenvalue weighted by molar-refractivity contribution is -0.130. The van der Waals surface area contributed by atoms with Crippen molar-refractivity contribution in [1.29, 1.82) is 0 Å². The van der Waals surface area contributed by atoms with Crippen LogP contribution in [0.2, 0.25) is 0 Å². The highest BCUT2D eigenvalue weighted by atomic mass is 16.5. The normalized spacial score (nSPS) is 12.9. The number of nitrogens with two attached hydrogens (primary N) is 1. The molecule has 4 N–H and O–H groups in total. The Morgan fingerprint density at radius 3 is 2.71 bits per heavy atom. The van der Waals surface area contributed by atoms with Gasteiger partial charge in [-0.3, -0.25) is 4.79 Å². The van der Waals surface area contributed by atoms with E-state index in [0.29, 0.717) is 17.9 Å². The number of nitrogens with zero attached hydrogens (tertiary/aromatic N) is 2. The van der Waals surface area contributed by atoms with E-state index in [1.165, 1.54) is 4.90 Å². The topological polar surface area (TPSA) is 100 Å². The van der Waals surface area contributed by atoms with Crippen LogP contribution in [0.25, 0.3) is 0 Å². The Hall–Kier alpha value is -2.28. The summed E-state index contributed by atoms with van der Waals surface area (Å²) in [5.74, 6) is 0.680. The fourth-order valence-electron chi connectivity index (χ4n) is 1.87. The molecule has 1 atom stereocenters. The zero-order valence-corrected chi connectivity index (χ0v) is 12.8. The fourth-order valence-corrected chi connectivity index (χ4v) is 1.87. The van der Waals surface area contributed by atoms with Crippen LogP contribution in [-0.2, 0) is 11.3 Å². The van der Waals surface area contributed by atoms with Gasteiger partial charge < -0.3 is 25.9 Å². The first kappa shape index (κ1) is 16.8. The summed E-state index contributed by atoms with van der Waals surface area (Å²) in [6.07, 6.45) is 0. The fraction of sp³-hybridized carbons (Fsp3) is 0.429. The number of carbonyl (C=O) groups excluding carboxylic acids is 1. The van der Waals surface area contributed by atoms with Gasteiger partial charge in [-0.2, -0.15) is 0 Å². The third-order valence-electron chi connectivity index (χ3n) is 3.09. The third-order valence-corrected chi connectivity index (χ3v) is 3.09. The summed E-state index contributed by atoms with van der Waals surface area (Å²) >= 11 is 0. The van der Waals surface area contributed by atoms with E-state index in [9.17, 15) is 4.79 Å². The van der Waals surface area contributed by atoms with Gasteiger partial charge in [0.25, 0.3) is 0 Å². The molecule has 0 spiro atoms. The number of amides is 1. The van der Waals surface area contributed by atoms with Gasteiger partial charge in [-0.05, 0) is 25.1 Å². The van der Waals surface area contributed by atoms with E-state index in [-0.39, 0.29) is 17.8 Å². The molecule has 21 heavy (non-hydrogen) atoms. The largest absolute Gasteiger partial charge is 0.496 e. The minimum atomic E-state index is -0.322. The van der Waals surface area contributed by atoms with Crippen molar-refractivity contribution in [2.75, 3.05) is 21.2 Å². The molecule has 0 saturated carbocycles. The minimum Gasteiger partial charge on any atom is -0.496 e. The van der Waals surface area contributed by atoms with Crippen molar-refractivity contribution >= 4 is 11.7 Å². The maximum atomic E-state index is 11.8. The first-order valence-corrected chi connectivity index (χ1v) is 6.50. The van der Waals surface area contributed by atoms with E-state index in [2.05, 4.69) is 10.5 Å². The Kier molecular flexibility index (Phi) is 5.98. The molecule has 0 saturated heterocycles. The van der Waals surface area contributed by atoms with E-state index in [0.717, 1.165) is 5.56 Å². The molecule has 1 aromatic rings. The van der Waals surface area contributed by atoms with Crippen molar-refractivity contribution < 1.29 is 14.7 Å². The zero-order chi connectivity index (χ0) is 16.0. The summed E-state index contributed by atoms with van der Waals surface area (Å²) in [4.78, 5) is 13.3. The predicted octanol–water partition coefficient (Wildman–Crippen LogP) is 0.356. The highest BCUT2D eigenvalue weighted by Crippen LogP contribution is 2.20. The van der Waals surface area contributed by atoms with Crippen LogP contribution in [-0.4, -0.2) is 49.1 Å². The molecule has 0 radical (unpaired) electrons. The molecular weight excluding hydrogens is 272 g/mol. The highest BCUT2D eigenvalue weighted by Gasteiger charge is 2.15. The van der Waals surface area contributed by atoms with Crippen LogP contribution in [0.4, 0.5) is 0 Å². The molecule has 1 aromatic carbocycles. The van der Waals surface area contributed by atoms with Crippen LogP contribution >= 0.6 is 0 Å². The van der Waals surface area contributed by atoms with Gasteiger partial charge in [-0.1, -0.05) is 5.16 Å². The summed E-state index contributed by atoms with van der Waals surface area (Å²) in [5.41, 5.74) is 6.98. The number of ether oxygens (including phenoxy) is 1. The van der Waals surface area contributed by atoms with E-state index < -0.39 is 0 Å². The van der Waals surface area contributed by atoms with Crippen molar-refractivity contribution in [2.24, 2.45) is 10.9 Å². The summed E-state index contributed by atoms with van der Waals surface area (Å²) in [6.45, 7) is 2.22. The molecule has 0 aliphatic rings. The van der Waals surface area contributed by atoms with Crippen molar-refractivity contribution in [2.45, 2.75) is 19.5 Å². The summed E-state index contributed by atoms with van der Waals surface area (Å²) in [6, 6.07) is 4.87. The number of methoxy groups -OCH3 is 1. The van der Waals surface area contributed by atoms with Crippen LogP contribution in [0.15, 0.2) is 23.4 Å². The first-order valence-electron chi connectivity index (χ1n) is 6.50. The number of hydrogen-bond acceptors (Lipinski definition) is 5. The van der Waals surface area contributed by atoms with Gasteiger partial charge in [-0.15, -0.1) is 0 Å². The number of rotatable bonds is 6. The van der Waals surface area contributed by atoms with Gasteiger partial charge >= 0.3 is 0 Å². The predicted molar refractivity (Wildman–Crippen MR) is 80.5 cm³/mol. The van der Waals surface area contributed by atoms with Crippen LogP contribution in [0.5, 0.6) is 5.75 Å². The Balaban J connectivity index is 2.88. The second-order valence-electron chi connectivity index (χ2n) is 4.85. The average Bonchev–Trinajstić information content (AvgIpc) is 2.50. The van der Waals surface area contributed by atoms with Gasteiger partial charge in [0.05, 0.1) is 13.2 Å². The molecule has 0 aliphatic heterocycles. The van der Waals surface area contributed by atoms with Gasteiger partial charge in [0, 0.05) is 31.8 Å². The maximum absolute atomic E-state index is 11.8. The Bertz CT molecular complexity index is 529. The maximum Gasteiger partial charge on any atom is 0.238 e. The minimum absolute atomic E-state index is 0.0124. The Morgan fingerprint density at radius 1 is 1.52 bits per heavy atom. The molecule has 0 aliphatic carbocycles. The van der Waals surface area contributed by atoms with Gasteiger partial charge in [0.2, 0.25) is 5.91 Å². The van der Waals surface area contributed by atoms with E-state index in [1.807, 2.05) is 0 Å². The molecule has 0 heterocycles. The molecule has 0 bridgehead atoms. The second-order valence-corrected chi connectivity index (χ2v) is 4.85.